The number of hydrazone groups is 1. The van der Waals surface area contributed by atoms with Gasteiger partial charge >= 0.3 is 0 Å². The van der Waals surface area contributed by atoms with Crippen LogP contribution in [0.25, 0.3) is 11.0 Å². The largest absolute Gasteiger partial charge is 0.618 e. The smallest absolute Gasteiger partial charge is 0.244 e. The minimum absolute atomic E-state index is 0.432. The van der Waals surface area contributed by atoms with Gasteiger partial charge in [-0.3, -0.25) is 0 Å². The van der Waals surface area contributed by atoms with Gasteiger partial charge in [0.25, 0.3) is 0 Å². The Morgan fingerprint density at radius 1 is 1.43 bits per heavy atom. The van der Waals surface area contributed by atoms with Crippen molar-refractivity contribution in [2.24, 2.45) is 5.10 Å². The van der Waals surface area contributed by atoms with Crippen LogP contribution in [0.2, 0.25) is 5.02 Å². The predicted molar refractivity (Wildman–Crippen MR) is 86.0 cm³/mol. The highest BCUT2D eigenvalue weighted by Crippen LogP contribution is 2.17. The predicted octanol–water partition coefficient (Wildman–Crippen LogP) is 3.05. The molecule has 0 radical (unpaired) electrons. The van der Waals surface area contributed by atoms with Gasteiger partial charge in [-0.15, -0.1) is 11.3 Å². The Morgan fingerprint density at radius 3 is 3.05 bits per heavy atom. The second-order valence-electron chi connectivity index (χ2n) is 4.34. The van der Waals surface area contributed by atoms with Gasteiger partial charge in [0.15, 0.2) is 0 Å². The van der Waals surface area contributed by atoms with E-state index in [0.29, 0.717) is 21.9 Å². The molecule has 0 atom stereocenters. The monoisotopic (exact) mass is 318 g/mol. The van der Waals surface area contributed by atoms with Crippen LogP contribution in [0.15, 0.2) is 47.0 Å². The van der Waals surface area contributed by atoms with Gasteiger partial charge in [-0.05, 0) is 23.6 Å². The van der Waals surface area contributed by atoms with Crippen molar-refractivity contribution in [1.82, 2.24) is 4.98 Å². The summed E-state index contributed by atoms with van der Waals surface area (Å²) in [5.74, 6) is 0.465. The highest BCUT2D eigenvalue weighted by Gasteiger charge is 2.11. The second kappa shape index (κ2) is 5.67. The van der Waals surface area contributed by atoms with E-state index in [1.165, 1.54) is 6.20 Å². The Balaban J connectivity index is 1.95. The first-order valence-corrected chi connectivity index (χ1v) is 7.40. The van der Waals surface area contributed by atoms with Gasteiger partial charge < -0.3 is 5.21 Å². The van der Waals surface area contributed by atoms with E-state index in [9.17, 15) is 5.21 Å². The number of thiophene rings is 1. The zero-order valence-electron chi connectivity index (χ0n) is 11.1. The number of rotatable bonds is 3. The van der Waals surface area contributed by atoms with Crippen LogP contribution < -0.4 is 9.74 Å². The molecule has 0 unspecified atom stereocenters. The van der Waals surface area contributed by atoms with Crippen LogP contribution in [-0.2, 0) is 0 Å². The highest BCUT2D eigenvalue weighted by molar-refractivity contribution is 7.11. The maximum Gasteiger partial charge on any atom is 0.244 e. The molecular weight excluding hydrogens is 308 g/mol. The SMILES string of the molecule is CN(/N=C/c1cccs1)c1c[n+]([O-])c2cc(Cl)ccc2n1. The lowest BCUT2D eigenvalue weighted by Gasteiger charge is -2.11. The first kappa shape index (κ1) is 13.8. The molecule has 2 aromatic heterocycles. The zero-order chi connectivity index (χ0) is 14.8. The van der Waals surface area contributed by atoms with Gasteiger partial charge in [-0.2, -0.15) is 9.83 Å². The van der Waals surface area contributed by atoms with Crippen molar-refractivity contribution in [2.75, 3.05) is 12.1 Å². The number of aromatic nitrogens is 2. The number of benzene rings is 1. The minimum atomic E-state index is 0.432. The molecule has 0 aliphatic heterocycles. The standard InChI is InChI=1S/C14H11ClN4OS/c1-18(16-8-11-3-2-6-21-11)14-9-19(20)13-7-10(15)4-5-12(13)17-14/h2-9H,1H3/b16-8+. The Bertz CT molecular complexity index is 804. The molecular formula is C14H11ClN4OS. The van der Waals surface area contributed by atoms with Gasteiger partial charge in [0, 0.05) is 23.0 Å². The van der Waals surface area contributed by atoms with E-state index >= 15 is 0 Å². The molecule has 0 saturated heterocycles. The summed E-state index contributed by atoms with van der Waals surface area (Å²) in [5, 5.41) is 20.4. The Kier molecular flexibility index (Phi) is 3.72. The Labute approximate surface area is 130 Å². The van der Waals surface area contributed by atoms with E-state index in [1.807, 2.05) is 17.5 Å². The van der Waals surface area contributed by atoms with Crippen LogP contribution in [0, 0.1) is 5.21 Å². The molecule has 2 heterocycles. The van der Waals surface area contributed by atoms with Crippen molar-refractivity contribution in [2.45, 2.75) is 0 Å². The molecule has 21 heavy (non-hydrogen) atoms. The minimum Gasteiger partial charge on any atom is -0.618 e. The van der Waals surface area contributed by atoms with Gasteiger partial charge in [-0.1, -0.05) is 17.7 Å². The Morgan fingerprint density at radius 2 is 2.29 bits per heavy atom. The third-order valence-corrected chi connectivity index (χ3v) is 3.92. The lowest BCUT2D eigenvalue weighted by molar-refractivity contribution is -0.576. The summed E-state index contributed by atoms with van der Waals surface area (Å²) in [6.45, 7) is 0. The Hall–Kier alpha value is -2.18. The molecule has 0 saturated carbocycles. The van der Waals surface area contributed by atoms with Crippen LogP contribution >= 0.6 is 22.9 Å². The van der Waals surface area contributed by atoms with Crippen LogP contribution in [-0.4, -0.2) is 18.2 Å². The number of hydrogen-bond acceptors (Lipinski definition) is 5. The third kappa shape index (κ3) is 2.96. The van der Waals surface area contributed by atoms with Crippen LogP contribution in [0.5, 0.6) is 0 Å². The molecule has 0 aliphatic carbocycles. The molecule has 0 aliphatic rings. The highest BCUT2D eigenvalue weighted by atomic mass is 35.5. The van der Waals surface area contributed by atoms with Crippen molar-refractivity contribution in [1.29, 1.82) is 0 Å². The van der Waals surface area contributed by atoms with Gasteiger partial charge in [-0.25, -0.2) is 9.99 Å². The van der Waals surface area contributed by atoms with E-state index in [1.54, 1.807) is 47.8 Å². The quantitative estimate of drug-likeness (QED) is 0.323. The fourth-order valence-corrected chi connectivity index (χ4v) is 2.56. The number of fused-ring (bicyclic) bond motifs is 1. The molecule has 7 heteroatoms. The fourth-order valence-electron chi connectivity index (χ4n) is 1.82. The van der Waals surface area contributed by atoms with Gasteiger partial charge in [0.2, 0.25) is 17.5 Å². The lowest BCUT2D eigenvalue weighted by Crippen LogP contribution is -2.29. The molecule has 0 amide bonds. The van der Waals surface area contributed by atoms with Gasteiger partial charge in [0.1, 0.15) is 5.52 Å². The molecule has 0 bridgehead atoms. The van der Waals surface area contributed by atoms with Crippen molar-refractivity contribution in [3.63, 3.8) is 0 Å². The molecule has 1 aromatic carbocycles. The number of nitrogens with zero attached hydrogens (tertiary/aromatic N) is 4. The van der Waals surface area contributed by atoms with Crippen molar-refractivity contribution < 1.29 is 4.73 Å². The molecule has 0 spiro atoms. The van der Waals surface area contributed by atoms with Crippen molar-refractivity contribution in [3.8, 4) is 0 Å². The van der Waals surface area contributed by atoms with Gasteiger partial charge in [0.05, 0.1) is 6.21 Å². The van der Waals surface area contributed by atoms with E-state index in [2.05, 4.69) is 10.1 Å². The average molecular weight is 319 g/mol. The average Bonchev–Trinajstić information content (AvgIpc) is 2.98. The molecule has 0 fully saturated rings. The number of halogens is 1. The molecule has 5 nitrogen and oxygen atoms in total. The summed E-state index contributed by atoms with van der Waals surface area (Å²) in [6.07, 6.45) is 3.11. The summed E-state index contributed by atoms with van der Waals surface area (Å²) in [4.78, 5) is 5.44. The van der Waals surface area contributed by atoms with Crippen molar-refractivity contribution >= 4 is 46.0 Å². The summed E-state index contributed by atoms with van der Waals surface area (Å²) < 4.78 is 0.751. The van der Waals surface area contributed by atoms with Crippen LogP contribution in [0.3, 0.4) is 0 Å². The van der Waals surface area contributed by atoms with Crippen LogP contribution in [0.4, 0.5) is 5.82 Å². The first-order valence-electron chi connectivity index (χ1n) is 6.14. The summed E-state index contributed by atoms with van der Waals surface area (Å²) in [5.41, 5.74) is 1.01. The number of hydrogen-bond donors (Lipinski definition) is 0. The zero-order valence-corrected chi connectivity index (χ0v) is 12.7. The second-order valence-corrected chi connectivity index (χ2v) is 5.76. The summed E-state index contributed by atoms with van der Waals surface area (Å²) in [6, 6.07) is 8.93. The molecule has 3 rings (SSSR count). The maximum atomic E-state index is 12.0. The topological polar surface area (TPSA) is 55.4 Å². The molecule has 0 N–H and O–H groups in total. The summed E-state index contributed by atoms with van der Waals surface area (Å²) in [7, 11) is 1.74. The van der Waals surface area contributed by atoms with E-state index in [0.717, 1.165) is 9.61 Å². The third-order valence-electron chi connectivity index (χ3n) is 2.88. The van der Waals surface area contributed by atoms with Crippen LogP contribution in [0.1, 0.15) is 4.88 Å². The van der Waals surface area contributed by atoms with Crippen molar-refractivity contribution in [3.05, 3.63) is 57.0 Å². The molecule has 106 valence electrons. The number of anilines is 1. The molecule has 3 aromatic rings. The first-order chi connectivity index (χ1) is 10.1. The van der Waals surface area contributed by atoms with E-state index in [4.69, 9.17) is 11.6 Å². The lowest BCUT2D eigenvalue weighted by atomic mass is 10.3. The van der Waals surface area contributed by atoms with E-state index in [-0.39, 0.29) is 0 Å². The maximum absolute atomic E-state index is 12.0. The normalized spacial score (nSPS) is 11.3. The summed E-state index contributed by atoms with van der Waals surface area (Å²) >= 11 is 7.48. The van der Waals surface area contributed by atoms with E-state index < -0.39 is 0 Å². The fraction of sp³-hybridized carbons (Fsp3) is 0.0714.